The zero-order valence-corrected chi connectivity index (χ0v) is 26.1. The highest BCUT2D eigenvalue weighted by Crippen LogP contribution is 2.44. The molecule has 8 nitrogen and oxygen atoms in total. The highest BCUT2D eigenvalue weighted by atomic mass is 79.9. The van der Waals surface area contributed by atoms with Gasteiger partial charge in [-0.1, -0.05) is 119 Å². The fourth-order valence-corrected chi connectivity index (χ4v) is 5.83. The van der Waals surface area contributed by atoms with Gasteiger partial charge in [0.1, 0.15) is 18.3 Å². The van der Waals surface area contributed by atoms with Crippen LogP contribution < -0.4 is 0 Å². The van der Waals surface area contributed by atoms with Gasteiger partial charge in [0.05, 0.1) is 13.2 Å². The van der Waals surface area contributed by atoms with Gasteiger partial charge in [-0.25, -0.2) is 4.57 Å². The maximum atomic E-state index is 12.0. The summed E-state index contributed by atoms with van der Waals surface area (Å²) in [5.74, 6) is 0. The van der Waals surface area contributed by atoms with E-state index >= 15 is 0 Å². The van der Waals surface area contributed by atoms with Crippen LogP contribution in [0.25, 0.3) is 0 Å². The van der Waals surface area contributed by atoms with Gasteiger partial charge in [0, 0.05) is 26.2 Å². The molecule has 1 aliphatic rings. The lowest BCUT2D eigenvalue weighted by atomic mass is 10.0. The van der Waals surface area contributed by atoms with E-state index in [1.54, 1.807) is 7.11 Å². The summed E-state index contributed by atoms with van der Waals surface area (Å²) in [6.07, 6.45) is 19.0. The molecule has 1 unspecified atom stereocenters. The minimum absolute atomic E-state index is 0.0693. The lowest BCUT2D eigenvalue weighted by Gasteiger charge is -2.23. The monoisotopic (exact) mass is 616 g/mol. The molecule has 1 N–H and O–H groups in total. The first-order valence-electron chi connectivity index (χ1n) is 14.5. The smallest absolute Gasteiger partial charge is 0.373 e. The van der Waals surface area contributed by atoms with Crippen LogP contribution in [0.4, 0.5) is 0 Å². The fraction of sp³-hybridized carbons (Fsp3) is 1.00. The Bertz CT molecular complexity index is 571. The van der Waals surface area contributed by atoms with Crippen molar-refractivity contribution < 1.29 is 37.5 Å². The maximum Gasteiger partial charge on any atom is 0.472 e. The van der Waals surface area contributed by atoms with Gasteiger partial charge in [-0.3, -0.25) is 9.05 Å². The van der Waals surface area contributed by atoms with Gasteiger partial charge in [0.25, 0.3) is 0 Å². The average molecular weight is 618 g/mol. The third-order valence-electron chi connectivity index (χ3n) is 6.81. The Morgan fingerprint density at radius 3 is 1.70 bits per heavy atom. The van der Waals surface area contributed by atoms with Crippen molar-refractivity contribution in [1.82, 2.24) is 0 Å². The number of ether oxygens (including phenoxy) is 4. The van der Waals surface area contributed by atoms with Crippen molar-refractivity contribution in [1.29, 1.82) is 0 Å². The molecule has 1 saturated heterocycles. The van der Waals surface area contributed by atoms with E-state index in [2.05, 4.69) is 22.9 Å². The summed E-state index contributed by atoms with van der Waals surface area (Å²) in [5.41, 5.74) is 0. The maximum absolute atomic E-state index is 12.0. The van der Waals surface area contributed by atoms with Gasteiger partial charge in [-0.15, -0.1) is 0 Å². The number of halogens is 1. The predicted octanol–water partition coefficient (Wildman–Crippen LogP) is 7.55. The van der Waals surface area contributed by atoms with Gasteiger partial charge >= 0.3 is 7.82 Å². The van der Waals surface area contributed by atoms with Gasteiger partial charge < -0.3 is 23.8 Å². The largest absolute Gasteiger partial charge is 0.472 e. The van der Waals surface area contributed by atoms with Crippen LogP contribution in [0.3, 0.4) is 0 Å². The summed E-state index contributed by atoms with van der Waals surface area (Å²) in [6, 6.07) is 0. The average Bonchev–Trinajstić information content (AvgIpc) is 3.24. The Labute approximate surface area is 234 Å². The molecule has 1 heterocycles. The number of rotatable bonds is 26. The summed E-state index contributed by atoms with van der Waals surface area (Å²) in [6.45, 7) is 2.75. The van der Waals surface area contributed by atoms with E-state index < -0.39 is 32.4 Å². The second-order valence-electron chi connectivity index (χ2n) is 9.90. The molecule has 0 aromatic heterocycles. The fourth-order valence-electron chi connectivity index (χ4n) is 4.69. The van der Waals surface area contributed by atoms with Crippen LogP contribution in [-0.2, 0) is 32.6 Å². The van der Waals surface area contributed by atoms with E-state index in [4.69, 9.17) is 28.0 Å². The number of phosphoric acid groups is 1. The van der Waals surface area contributed by atoms with E-state index in [0.717, 1.165) is 12.8 Å². The summed E-state index contributed by atoms with van der Waals surface area (Å²) in [4.78, 5) is 9.80. The van der Waals surface area contributed by atoms with Crippen LogP contribution in [-0.4, -0.2) is 68.9 Å². The van der Waals surface area contributed by atoms with Crippen molar-refractivity contribution in [2.24, 2.45) is 0 Å². The van der Waals surface area contributed by atoms with Crippen LogP contribution in [0.15, 0.2) is 0 Å². The standard InChI is InChI=1S/C27H54BrO8P/c1-4-5-6-7-8-9-10-11-12-13-14-15-16-17-18-19-21-33-25-24(36-27(32-3)26(25)31-2)23-35-37(29,30)34-22-20-28/h24-27H,4-23H2,1-3H3,(H,29,30)/t24-,25+,26-,27-/m1/s1. The van der Waals surface area contributed by atoms with Crippen LogP contribution >= 0.6 is 23.8 Å². The molecule has 5 atom stereocenters. The number of alkyl halides is 1. The summed E-state index contributed by atoms with van der Waals surface area (Å²) < 4.78 is 44.8. The summed E-state index contributed by atoms with van der Waals surface area (Å²) in [5, 5.41) is 0.434. The van der Waals surface area contributed by atoms with E-state index in [0.29, 0.717) is 11.9 Å². The molecule has 0 aromatic rings. The molecule has 10 heteroatoms. The van der Waals surface area contributed by atoms with Crippen molar-refractivity contribution in [2.45, 2.75) is 134 Å². The minimum Gasteiger partial charge on any atom is -0.373 e. The Hall–Kier alpha value is 0.430. The molecule has 0 bridgehead atoms. The zero-order chi connectivity index (χ0) is 27.2. The highest BCUT2D eigenvalue weighted by Gasteiger charge is 2.47. The Kier molecular flexibility index (Phi) is 22.2. The van der Waals surface area contributed by atoms with E-state index in [-0.39, 0.29) is 13.2 Å². The van der Waals surface area contributed by atoms with E-state index in [1.165, 1.54) is 97.0 Å². The number of phosphoric ester groups is 1. The first-order chi connectivity index (χ1) is 18.0. The van der Waals surface area contributed by atoms with E-state index in [9.17, 15) is 9.46 Å². The molecule has 0 aromatic carbocycles. The van der Waals surface area contributed by atoms with Crippen molar-refractivity contribution >= 4 is 23.8 Å². The summed E-state index contributed by atoms with van der Waals surface area (Å²) in [7, 11) is -1.05. The molecule has 0 amide bonds. The molecule has 1 fully saturated rings. The molecule has 1 rings (SSSR count). The number of hydrogen-bond acceptors (Lipinski definition) is 7. The molecule has 0 saturated carbocycles. The lowest BCUT2D eigenvalue weighted by molar-refractivity contribution is -0.159. The first kappa shape index (κ1) is 35.5. The number of unbranched alkanes of at least 4 members (excludes halogenated alkanes) is 15. The lowest BCUT2D eigenvalue weighted by Crippen LogP contribution is -2.39. The predicted molar refractivity (Wildman–Crippen MR) is 151 cm³/mol. The Balaban J connectivity index is 2.12. The molecule has 0 spiro atoms. The molecular formula is C27H54BrO8P. The zero-order valence-electron chi connectivity index (χ0n) is 23.6. The quantitative estimate of drug-likeness (QED) is 0.0605. The molecule has 0 radical (unpaired) electrons. The Morgan fingerprint density at radius 1 is 0.730 bits per heavy atom. The molecule has 222 valence electrons. The van der Waals surface area contributed by atoms with Crippen LogP contribution in [0.1, 0.15) is 110 Å². The van der Waals surface area contributed by atoms with Gasteiger partial charge in [-0.2, -0.15) is 0 Å². The topological polar surface area (TPSA) is 92.7 Å². The normalized spacial score (nSPS) is 23.5. The van der Waals surface area contributed by atoms with Gasteiger partial charge in [0.2, 0.25) is 0 Å². The second kappa shape index (κ2) is 23.2. The van der Waals surface area contributed by atoms with Crippen LogP contribution in [0, 0.1) is 0 Å². The molecule has 0 aliphatic carbocycles. The Morgan fingerprint density at radius 2 is 1.24 bits per heavy atom. The molecular weight excluding hydrogens is 563 g/mol. The van der Waals surface area contributed by atoms with Crippen LogP contribution in [0.2, 0.25) is 0 Å². The minimum atomic E-state index is -4.16. The van der Waals surface area contributed by atoms with Crippen molar-refractivity contribution in [3.8, 4) is 0 Å². The highest BCUT2D eigenvalue weighted by molar-refractivity contribution is 9.09. The van der Waals surface area contributed by atoms with E-state index in [1.807, 2.05) is 0 Å². The van der Waals surface area contributed by atoms with Gasteiger partial charge in [0.15, 0.2) is 6.29 Å². The van der Waals surface area contributed by atoms with Gasteiger partial charge in [-0.05, 0) is 6.42 Å². The third kappa shape index (κ3) is 17.0. The number of methoxy groups -OCH3 is 2. The molecule has 1 aliphatic heterocycles. The van der Waals surface area contributed by atoms with Crippen molar-refractivity contribution in [3.63, 3.8) is 0 Å². The van der Waals surface area contributed by atoms with Crippen LogP contribution in [0.5, 0.6) is 0 Å². The second-order valence-corrected chi connectivity index (χ2v) is 12.2. The van der Waals surface area contributed by atoms with Crippen molar-refractivity contribution in [3.05, 3.63) is 0 Å². The third-order valence-corrected chi connectivity index (χ3v) is 8.12. The summed E-state index contributed by atoms with van der Waals surface area (Å²) >= 11 is 3.15. The molecule has 37 heavy (non-hydrogen) atoms. The SMILES string of the molecule is CCCCCCCCCCCCCCCCCCO[C@@H]1[C@@H](OC)[C@H](OC)O[C@@H]1COP(=O)(O)OCCBr. The number of hydrogen-bond donors (Lipinski definition) is 1. The first-order valence-corrected chi connectivity index (χ1v) is 17.1. The van der Waals surface area contributed by atoms with Crippen molar-refractivity contribution in [2.75, 3.05) is 39.4 Å².